The molecule has 0 aliphatic heterocycles. The molecule has 0 saturated carbocycles. The summed E-state index contributed by atoms with van der Waals surface area (Å²) in [6, 6.07) is 74.2. The van der Waals surface area contributed by atoms with Crippen LogP contribution in [-0.2, 0) is 10.8 Å². The van der Waals surface area contributed by atoms with Crippen LogP contribution in [0.25, 0.3) is 89.6 Å². The molecule has 13 rings (SSSR count). The Kier molecular flexibility index (Phi) is 7.83. The van der Waals surface area contributed by atoms with Gasteiger partial charge in [-0.2, -0.15) is 0 Å². The summed E-state index contributed by atoms with van der Waals surface area (Å²) in [6.07, 6.45) is 0. The molecule has 2 aromatic heterocycles. The molecule has 4 heteroatoms. The van der Waals surface area contributed by atoms with Crippen molar-refractivity contribution in [3.63, 3.8) is 0 Å². The summed E-state index contributed by atoms with van der Waals surface area (Å²) in [5.74, 6) is 1.11. The number of hydrogen-bond acceptors (Lipinski definition) is 4. The fraction of sp³-hybridized carbons (Fsp3) is 0.0667. The molecule has 0 saturated heterocycles. The van der Waals surface area contributed by atoms with E-state index in [0.29, 0.717) is 11.8 Å². The summed E-state index contributed by atoms with van der Waals surface area (Å²) < 4.78 is 12.8. The average molecular weight is 821 g/mol. The van der Waals surface area contributed by atoms with Crippen LogP contribution in [0.3, 0.4) is 0 Å². The zero-order valence-corrected chi connectivity index (χ0v) is 35.3. The number of oxazole rings is 2. The maximum Gasteiger partial charge on any atom is 0.227 e. The Morgan fingerprint density at radius 1 is 0.344 bits per heavy atom. The minimum absolute atomic E-state index is 0.291. The first kappa shape index (κ1) is 36.6. The van der Waals surface area contributed by atoms with E-state index in [1.165, 1.54) is 66.8 Å². The van der Waals surface area contributed by atoms with Gasteiger partial charge in [0.15, 0.2) is 11.2 Å². The van der Waals surface area contributed by atoms with Crippen LogP contribution < -0.4 is 0 Å². The highest BCUT2D eigenvalue weighted by Crippen LogP contribution is 2.58. The fourth-order valence-electron chi connectivity index (χ4n) is 11.0. The van der Waals surface area contributed by atoms with Crippen molar-refractivity contribution in [2.45, 2.75) is 24.7 Å². The maximum atomic E-state index is 6.38. The van der Waals surface area contributed by atoms with Crippen LogP contribution in [0, 0.1) is 0 Å². The molecule has 64 heavy (non-hydrogen) atoms. The van der Waals surface area contributed by atoms with E-state index in [4.69, 9.17) is 18.8 Å². The lowest BCUT2D eigenvalue weighted by Gasteiger charge is -2.34. The first-order chi connectivity index (χ1) is 31.4. The normalized spacial score (nSPS) is 14.0. The van der Waals surface area contributed by atoms with Crippen molar-refractivity contribution in [1.82, 2.24) is 9.97 Å². The summed E-state index contributed by atoms with van der Waals surface area (Å²) in [5.41, 5.74) is 21.5. The Hall–Kier alpha value is -8.08. The Balaban J connectivity index is 0.973. The summed E-state index contributed by atoms with van der Waals surface area (Å²) in [5, 5.41) is 0. The van der Waals surface area contributed by atoms with Gasteiger partial charge in [0, 0.05) is 16.5 Å². The molecule has 4 nitrogen and oxygen atoms in total. The summed E-state index contributed by atoms with van der Waals surface area (Å²) in [7, 11) is 0. The quantitative estimate of drug-likeness (QED) is 0.168. The van der Waals surface area contributed by atoms with E-state index in [1.807, 2.05) is 48.5 Å². The summed E-state index contributed by atoms with van der Waals surface area (Å²) in [6.45, 7) is 4.71. The lowest BCUT2D eigenvalue weighted by atomic mass is 9.67. The van der Waals surface area contributed by atoms with Crippen LogP contribution in [-0.4, -0.2) is 9.97 Å². The minimum Gasteiger partial charge on any atom is -0.436 e. The minimum atomic E-state index is -0.464. The number of fused-ring (bicyclic) bond motifs is 8. The second-order valence-electron chi connectivity index (χ2n) is 17.7. The van der Waals surface area contributed by atoms with Crippen molar-refractivity contribution in [2.75, 3.05) is 0 Å². The first-order valence-electron chi connectivity index (χ1n) is 22.0. The molecule has 9 aromatic carbocycles. The predicted molar refractivity (Wildman–Crippen MR) is 258 cm³/mol. The van der Waals surface area contributed by atoms with Gasteiger partial charge in [-0.15, -0.1) is 0 Å². The molecular weight excluding hydrogens is 781 g/mol. The highest BCUT2D eigenvalue weighted by Gasteiger charge is 2.46. The average Bonchev–Trinajstić information content (AvgIpc) is 4.11. The van der Waals surface area contributed by atoms with E-state index in [9.17, 15) is 0 Å². The van der Waals surface area contributed by atoms with Crippen LogP contribution in [0.4, 0.5) is 0 Å². The number of nitrogens with zero attached hydrogens (tertiary/aromatic N) is 2. The Morgan fingerprint density at radius 3 is 1.52 bits per heavy atom. The Bertz CT molecular complexity index is 3450. The van der Waals surface area contributed by atoms with E-state index in [2.05, 4.69) is 172 Å². The number of aromatic nitrogens is 2. The van der Waals surface area contributed by atoms with Crippen molar-refractivity contribution in [3.05, 3.63) is 240 Å². The fourth-order valence-corrected chi connectivity index (χ4v) is 11.0. The third kappa shape index (κ3) is 5.29. The number of para-hydroxylation sites is 4. The van der Waals surface area contributed by atoms with Crippen molar-refractivity contribution in [3.8, 4) is 67.4 Å². The molecule has 0 unspecified atom stereocenters. The first-order valence-corrected chi connectivity index (χ1v) is 22.0. The highest BCUT2D eigenvalue weighted by atomic mass is 16.4. The van der Waals surface area contributed by atoms with Crippen LogP contribution in [0.1, 0.15) is 47.2 Å². The van der Waals surface area contributed by atoms with Crippen LogP contribution in [0.2, 0.25) is 0 Å². The molecule has 11 aromatic rings. The summed E-state index contributed by atoms with van der Waals surface area (Å²) in [4.78, 5) is 9.85. The van der Waals surface area contributed by atoms with E-state index >= 15 is 0 Å². The van der Waals surface area contributed by atoms with Gasteiger partial charge >= 0.3 is 0 Å². The lowest BCUT2D eigenvalue weighted by molar-refractivity contribution is 0.617. The van der Waals surface area contributed by atoms with Gasteiger partial charge in [0.25, 0.3) is 0 Å². The van der Waals surface area contributed by atoms with E-state index in [1.54, 1.807) is 0 Å². The van der Waals surface area contributed by atoms with Gasteiger partial charge in [-0.1, -0.05) is 166 Å². The summed E-state index contributed by atoms with van der Waals surface area (Å²) >= 11 is 0. The van der Waals surface area contributed by atoms with Crippen LogP contribution >= 0.6 is 0 Å². The topological polar surface area (TPSA) is 52.1 Å². The molecule has 0 bridgehead atoms. The molecule has 2 aliphatic rings. The highest BCUT2D eigenvalue weighted by molar-refractivity contribution is 5.93. The van der Waals surface area contributed by atoms with Gasteiger partial charge in [0.2, 0.25) is 11.8 Å². The van der Waals surface area contributed by atoms with Crippen molar-refractivity contribution in [2.24, 2.45) is 0 Å². The van der Waals surface area contributed by atoms with Gasteiger partial charge in [0.1, 0.15) is 11.0 Å². The number of hydrogen-bond donors (Lipinski definition) is 0. The molecule has 302 valence electrons. The van der Waals surface area contributed by atoms with E-state index < -0.39 is 5.41 Å². The third-order valence-corrected chi connectivity index (χ3v) is 13.8. The number of benzene rings is 9. The van der Waals surface area contributed by atoms with Crippen molar-refractivity contribution < 1.29 is 8.83 Å². The van der Waals surface area contributed by atoms with Crippen LogP contribution in [0.5, 0.6) is 0 Å². The van der Waals surface area contributed by atoms with Gasteiger partial charge in [-0.05, 0) is 132 Å². The second-order valence-corrected chi connectivity index (χ2v) is 17.7. The van der Waals surface area contributed by atoms with Gasteiger partial charge in [-0.25, -0.2) is 9.97 Å². The molecule has 0 amide bonds. The van der Waals surface area contributed by atoms with Gasteiger partial charge < -0.3 is 8.83 Å². The molecule has 0 atom stereocenters. The van der Waals surface area contributed by atoms with Crippen molar-refractivity contribution >= 4 is 22.2 Å². The monoisotopic (exact) mass is 820 g/mol. The van der Waals surface area contributed by atoms with Crippen molar-refractivity contribution in [1.29, 1.82) is 0 Å². The SMILES string of the molecule is CC1(C)c2ccc(-c3ccc4c(c3)C(c3ccccc3)(c3ccccc3)c3ccccc3-4)cc2-c2cccc(-c3cc(-c4nc5ccccc5o4)cc(-c4nc5ccccc5o4)c3)c21. The molecule has 0 radical (unpaired) electrons. The molecular formula is C60H40N2O2. The van der Waals surface area contributed by atoms with E-state index in [-0.39, 0.29) is 5.41 Å². The zero-order valence-electron chi connectivity index (χ0n) is 35.3. The maximum absolute atomic E-state index is 6.38. The Labute approximate surface area is 371 Å². The standard InChI is InChI=1S/C60H40N2O2/c1-59(2)49-31-29-37(38-28-30-46-45-20-9-10-23-50(45)60(51(46)36-38,42-16-5-3-6-17-42)43-18-7-4-8-19-43)35-48(49)47-22-15-21-44(56(47)59)39-32-40(57-61-52-24-11-13-26-54(52)63-57)34-41(33-39)58-62-53-25-12-14-27-55(53)64-58/h3-36H,1-2H3. The zero-order chi connectivity index (χ0) is 42.6. The number of rotatable bonds is 6. The molecule has 0 N–H and O–H groups in total. The smallest absolute Gasteiger partial charge is 0.227 e. The molecule has 2 heterocycles. The van der Waals surface area contributed by atoms with Gasteiger partial charge in [-0.3, -0.25) is 0 Å². The second kappa shape index (κ2) is 13.7. The van der Waals surface area contributed by atoms with Crippen LogP contribution in [0.15, 0.2) is 215 Å². The van der Waals surface area contributed by atoms with E-state index in [0.717, 1.165) is 44.5 Å². The van der Waals surface area contributed by atoms with Gasteiger partial charge in [0.05, 0.1) is 5.41 Å². The largest absolute Gasteiger partial charge is 0.436 e. The predicted octanol–water partition coefficient (Wildman–Crippen LogP) is 15.3. The third-order valence-electron chi connectivity index (χ3n) is 13.8. The molecule has 0 fully saturated rings. The molecule has 0 spiro atoms. The molecule has 2 aliphatic carbocycles. The Morgan fingerprint density at radius 2 is 0.859 bits per heavy atom. The lowest BCUT2D eigenvalue weighted by Crippen LogP contribution is -2.28.